The van der Waals surface area contributed by atoms with Crippen molar-refractivity contribution in [1.29, 1.82) is 0 Å². The number of nitrogens with zero attached hydrogens (tertiary/aromatic N) is 1. The Morgan fingerprint density at radius 1 is 1.24 bits per heavy atom. The molecule has 21 heavy (non-hydrogen) atoms. The molecule has 4 heteroatoms. The summed E-state index contributed by atoms with van der Waals surface area (Å²) in [7, 11) is 0. The van der Waals surface area contributed by atoms with Crippen molar-refractivity contribution in [2.45, 2.75) is 39.3 Å². The first-order valence-corrected chi connectivity index (χ1v) is 8.49. The molecule has 0 fully saturated rings. The van der Waals surface area contributed by atoms with Crippen LogP contribution < -0.4 is 5.32 Å². The number of hydrogen-bond acceptors (Lipinski definition) is 4. The second-order valence-electron chi connectivity index (χ2n) is 5.03. The van der Waals surface area contributed by atoms with Crippen molar-refractivity contribution in [2.24, 2.45) is 0 Å². The molecule has 0 saturated carbocycles. The van der Waals surface area contributed by atoms with E-state index in [9.17, 15) is 0 Å². The van der Waals surface area contributed by atoms with Gasteiger partial charge in [0.15, 0.2) is 0 Å². The molecule has 0 saturated heterocycles. The van der Waals surface area contributed by atoms with Crippen LogP contribution >= 0.6 is 11.3 Å². The van der Waals surface area contributed by atoms with E-state index in [2.05, 4.69) is 36.7 Å². The van der Waals surface area contributed by atoms with Gasteiger partial charge in [-0.05, 0) is 32.4 Å². The predicted octanol–water partition coefficient (Wildman–Crippen LogP) is 4.33. The molecule has 2 aromatic rings. The highest BCUT2D eigenvalue weighted by Gasteiger charge is 2.19. The van der Waals surface area contributed by atoms with Gasteiger partial charge >= 0.3 is 0 Å². The molecule has 1 aromatic heterocycles. The van der Waals surface area contributed by atoms with Gasteiger partial charge in [-0.25, -0.2) is 4.98 Å². The maximum atomic E-state index is 5.92. The van der Waals surface area contributed by atoms with Crippen LogP contribution in [0.25, 0.3) is 0 Å². The molecule has 3 nitrogen and oxygen atoms in total. The van der Waals surface area contributed by atoms with Gasteiger partial charge in [-0.2, -0.15) is 0 Å². The molecule has 0 amide bonds. The van der Waals surface area contributed by atoms with Crippen molar-refractivity contribution in [3.63, 3.8) is 0 Å². The highest BCUT2D eigenvalue weighted by atomic mass is 32.1. The molecule has 114 valence electrons. The molecule has 0 aliphatic rings. The fourth-order valence-electron chi connectivity index (χ4n) is 2.19. The Labute approximate surface area is 131 Å². The normalized spacial score (nSPS) is 14.0. The predicted molar refractivity (Wildman–Crippen MR) is 88.7 cm³/mol. The van der Waals surface area contributed by atoms with Gasteiger partial charge in [0.25, 0.3) is 0 Å². The van der Waals surface area contributed by atoms with Crippen LogP contribution in [0.2, 0.25) is 0 Å². The maximum absolute atomic E-state index is 5.92. The van der Waals surface area contributed by atoms with Crippen LogP contribution in [0.1, 0.15) is 55.6 Å². The van der Waals surface area contributed by atoms with Crippen molar-refractivity contribution in [1.82, 2.24) is 10.3 Å². The summed E-state index contributed by atoms with van der Waals surface area (Å²) in [5.41, 5.74) is 2.26. The highest BCUT2D eigenvalue weighted by Crippen LogP contribution is 2.29. The van der Waals surface area contributed by atoms with Gasteiger partial charge in [0.1, 0.15) is 11.1 Å². The van der Waals surface area contributed by atoms with Crippen molar-refractivity contribution < 1.29 is 4.74 Å². The first kappa shape index (κ1) is 16.1. The third kappa shape index (κ3) is 4.37. The molecular formula is C17H24N2OS. The van der Waals surface area contributed by atoms with Crippen LogP contribution in [-0.4, -0.2) is 18.1 Å². The van der Waals surface area contributed by atoms with Crippen LogP contribution in [0.5, 0.6) is 0 Å². The quantitative estimate of drug-likeness (QED) is 0.788. The van der Waals surface area contributed by atoms with E-state index in [1.165, 1.54) is 0 Å². The standard InChI is InChI=1S/C17H24N2OS/c1-4-11-18-13(3)15-12-21-17(19-15)16(20-5-2)14-9-7-6-8-10-14/h6-10,12-13,16,18H,4-5,11H2,1-3H3. The first-order chi connectivity index (χ1) is 10.3. The summed E-state index contributed by atoms with van der Waals surface area (Å²) in [6.45, 7) is 8.05. The third-order valence-corrected chi connectivity index (χ3v) is 4.25. The number of nitrogens with one attached hydrogen (secondary N) is 1. The van der Waals surface area contributed by atoms with Crippen LogP contribution in [-0.2, 0) is 4.74 Å². The number of hydrogen-bond donors (Lipinski definition) is 1. The number of aromatic nitrogens is 1. The molecule has 0 bridgehead atoms. The Balaban J connectivity index is 2.16. The second-order valence-corrected chi connectivity index (χ2v) is 5.92. The SMILES string of the molecule is CCCNC(C)c1csc(C(OCC)c2ccccc2)n1. The fourth-order valence-corrected chi connectivity index (χ4v) is 3.17. The lowest BCUT2D eigenvalue weighted by Gasteiger charge is -2.15. The van der Waals surface area contributed by atoms with Gasteiger partial charge in [-0.3, -0.25) is 0 Å². The summed E-state index contributed by atoms with van der Waals surface area (Å²) in [5, 5.41) is 6.64. The fraction of sp³-hybridized carbons (Fsp3) is 0.471. The monoisotopic (exact) mass is 304 g/mol. The van der Waals surface area contributed by atoms with Gasteiger partial charge in [0.05, 0.1) is 5.69 Å². The maximum Gasteiger partial charge on any atom is 0.134 e. The van der Waals surface area contributed by atoms with E-state index < -0.39 is 0 Å². The summed E-state index contributed by atoms with van der Waals surface area (Å²) in [4.78, 5) is 4.79. The lowest BCUT2D eigenvalue weighted by atomic mass is 10.1. The lowest BCUT2D eigenvalue weighted by molar-refractivity contribution is 0.0910. The molecule has 2 unspecified atom stereocenters. The molecule has 2 rings (SSSR count). The highest BCUT2D eigenvalue weighted by molar-refractivity contribution is 7.09. The Hall–Kier alpha value is -1.23. The van der Waals surface area contributed by atoms with E-state index in [4.69, 9.17) is 9.72 Å². The molecule has 0 aliphatic heterocycles. The molecular weight excluding hydrogens is 280 g/mol. The average Bonchev–Trinajstić information content (AvgIpc) is 3.00. The molecule has 1 N–H and O–H groups in total. The molecule has 0 aliphatic carbocycles. The van der Waals surface area contributed by atoms with Gasteiger partial charge in [-0.1, -0.05) is 37.3 Å². The zero-order valence-electron chi connectivity index (χ0n) is 13.0. The van der Waals surface area contributed by atoms with E-state index in [1.54, 1.807) is 11.3 Å². The number of ether oxygens (including phenoxy) is 1. The molecule has 0 radical (unpaired) electrons. The van der Waals surface area contributed by atoms with Crippen molar-refractivity contribution >= 4 is 11.3 Å². The van der Waals surface area contributed by atoms with E-state index >= 15 is 0 Å². The minimum Gasteiger partial charge on any atom is -0.367 e. The average molecular weight is 304 g/mol. The topological polar surface area (TPSA) is 34.1 Å². The Kier molecular flexibility index (Phi) is 6.36. The van der Waals surface area contributed by atoms with Crippen molar-refractivity contribution in [3.8, 4) is 0 Å². The Morgan fingerprint density at radius 3 is 2.67 bits per heavy atom. The summed E-state index contributed by atoms with van der Waals surface area (Å²) in [6, 6.07) is 10.6. The minimum atomic E-state index is -0.0617. The summed E-state index contributed by atoms with van der Waals surface area (Å²) in [5.74, 6) is 0. The van der Waals surface area contributed by atoms with E-state index in [-0.39, 0.29) is 12.1 Å². The molecule has 2 atom stereocenters. The summed E-state index contributed by atoms with van der Waals surface area (Å²) < 4.78 is 5.92. The zero-order valence-corrected chi connectivity index (χ0v) is 13.8. The lowest BCUT2D eigenvalue weighted by Crippen LogP contribution is -2.19. The second kappa shape index (κ2) is 8.27. The van der Waals surface area contributed by atoms with E-state index in [0.717, 1.165) is 29.2 Å². The van der Waals surface area contributed by atoms with E-state index in [1.807, 2.05) is 25.1 Å². The van der Waals surface area contributed by atoms with Crippen LogP contribution in [0.15, 0.2) is 35.7 Å². The van der Waals surface area contributed by atoms with Crippen molar-refractivity contribution in [2.75, 3.05) is 13.2 Å². The summed E-state index contributed by atoms with van der Waals surface area (Å²) >= 11 is 1.68. The summed E-state index contributed by atoms with van der Waals surface area (Å²) in [6.07, 6.45) is 1.07. The minimum absolute atomic E-state index is 0.0617. The largest absolute Gasteiger partial charge is 0.367 e. The van der Waals surface area contributed by atoms with Gasteiger partial charge < -0.3 is 10.1 Å². The molecule has 0 spiro atoms. The number of rotatable bonds is 8. The van der Waals surface area contributed by atoms with Crippen LogP contribution in [0.3, 0.4) is 0 Å². The Morgan fingerprint density at radius 2 is 2.00 bits per heavy atom. The third-order valence-electron chi connectivity index (χ3n) is 3.34. The van der Waals surface area contributed by atoms with Crippen LogP contribution in [0.4, 0.5) is 0 Å². The van der Waals surface area contributed by atoms with Gasteiger partial charge in [-0.15, -0.1) is 11.3 Å². The van der Waals surface area contributed by atoms with Gasteiger partial charge in [0, 0.05) is 18.0 Å². The first-order valence-electron chi connectivity index (χ1n) is 7.61. The number of benzene rings is 1. The smallest absolute Gasteiger partial charge is 0.134 e. The van der Waals surface area contributed by atoms with E-state index in [0.29, 0.717) is 6.61 Å². The molecule has 1 heterocycles. The van der Waals surface area contributed by atoms with Gasteiger partial charge in [0.2, 0.25) is 0 Å². The molecule has 1 aromatic carbocycles. The zero-order chi connectivity index (χ0) is 15.1. The number of thiazole rings is 1. The Bertz CT molecular complexity index is 527. The van der Waals surface area contributed by atoms with Crippen molar-refractivity contribution in [3.05, 3.63) is 52.0 Å². The van der Waals surface area contributed by atoms with Crippen LogP contribution in [0, 0.1) is 0 Å².